The first-order valence-corrected chi connectivity index (χ1v) is 13.6. The monoisotopic (exact) mass is 513 g/mol. The van der Waals surface area contributed by atoms with Crippen molar-refractivity contribution < 1.29 is 19.1 Å². The highest BCUT2D eigenvalue weighted by molar-refractivity contribution is 5.99. The fraction of sp³-hybridized carbons (Fsp3) is 0.452. The van der Waals surface area contributed by atoms with Crippen molar-refractivity contribution in [1.29, 1.82) is 0 Å². The minimum atomic E-state index is -0.367. The fourth-order valence-electron chi connectivity index (χ4n) is 6.27. The first-order chi connectivity index (χ1) is 18.3. The minimum Gasteiger partial charge on any atom is -0.465 e. The molecule has 1 saturated heterocycles. The average molecular weight is 514 g/mol. The molecule has 198 valence electrons. The highest BCUT2D eigenvalue weighted by Gasteiger charge is 2.37. The van der Waals surface area contributed by atoms with Crippen LogP contribution in [0.5, 0.6) is 0 Å². The zero-order chi connectivity index (χ0) is 26.6. The molecule has 0 radical (unpaired) electrons. The number of aromatic nitrogens is 2. The predicted molar refractivity (Wildman–Crippen MR) is 144 cm³/mol. The number of fused-ring (bicyclic) bond motifs is 2. The zero-order valence-electron chi connectivity index (χ0n) is 22.6. The maximum absolute atomic E-state index is 13.4. The molecule has 1 aliphatic carbocycles. The molecule has 0 saturated carbocycles. The zero-order valence-corrected chi connectivity index (χ0v) is 22.6. The number of esters is 1. The Hall–Kier alpha value is -3.45. The van der Waals surface area contributed by atoms with Crippen LogP contribution in [0.1, 0.15) is 95.4 Å². The summed E-state index contributed by atoms with van der Waals surface area (Å²) >= 11 is 0. The van der Waals surface area contributed by atoms with Gasteiger partial charge >= 0.3 is 5.97 Å². The lowest BCUT2D eigenvalue weighted by atomic mass is 9.89. The Labute approximate surface area is 223 Å². The predicted octanol–water partition coefficient (Wildman–Crippen LogP) is 5.88. The Morgan fingerprint density at radius 3 is 2.63 bits per heavy atom. The van der Waals surface area contributed by atoms with Crippen LogP contribution >= 0.6 is 0 Å². The maximum atomic E-state index is 13.4. The van der Waals surface area contributed by atoms with Crippen LogP contribution < -0.4 is 0 Å². The van der Waals surface area contributed by atoms with E-state index in [4.69, 9.17) is 14.6 Å². The van der Waals surface area contributed by atoms with Crippen molar-refractivity contribution in [2.45, 2.75) is 71.7 Å². The van der Waals surface area contributed by atoms with E-state index in [1.165, 1.54) is 18.4 Å². The molecular formula is C31H35N3O4. The first kappa shape index (κ1) is 24.9. The molecule has 3 aliphatic rings. The Morgan fingerprint density at radius 1 is 1.13 bits per heavy atom. The van der Waals surface area contributed by atoms with Gasteiger partial charge in [-0.3, -0.25) is 4.79 Å². The summed E-state index contributed by atoms with van der Waals surface area (Å²) in [5.74, 6) is -0.333. The van der Waals surface area contributed by atoms with E-state index in [-0.39, 0.29) is 29.6 Å². The van der Waals surface area contributed by atoms with Crippen molar-refractivity contribution in [3.63, 3.8) is 0 Å². The molecule has 1 unspecified atom stereocenters. The Balaban J connectivity index is 1.31. The number of hydrogen-bond donors (Lipinski definition) is 0. The lowest BCUT2D eigenvalue weighted by Gasteiger charge is -2.26. The molecule has 1 aromatic heterocycles. The molecule has 7 nitrogen and oxygen atoms in total. The van der Waals surface area contributed by atoms with Gasteiger partial charge in [-0.25, -0.2) is 9.48 Å². The van der Waals surface area contributed by atoms with Crippen LogP contribution in [0.4, 0.5) is 0 Å². The van der Waals surface area contributed by atoms with E-state index in [9.17, 15) is 9.59 Å². The van der Waals surface area contributed by atoms with Crippen LogP contribution in [0, 0.1) is 5.41 Å². The van der Waals surface area contributed by atoms with E-state index in [0.717, 1.165) is 66.7 Å². The van der Waals surface area contributed by atoms with E-state index in [1.807, 2.05) is 30.0 Å². The Bertz CT molecular complexity index is 1400. The second kappa shape index (κ2) is 9.38. The van der Waals surface area contributed by atoms with E-state index in [2.05, 4.69) is 30.7 Å². The molecule has 0 bridgehead atoms. The van der Waals surface area contributed by atoms with Crippen molar-refractivity contribution >= 4 is 11.9 Å². The van der Waals surface area contributed by atoms with Gasteiger partial charge in [0, 0.05) is 29.8 Å². The summed E-state index contributed by atoms with van der Waals surface area (Å²) in [5, 5.41) is 5.08. The number of rotatable bonds is 5. The molecule has 1 fully saturated rings. The summed E-state index contributed by atoms with van der Waals surface area (Å²) in [4.78, 5) is 27.1. The van der Waals surface area contributed by atoms with E-state index in [1.54, 1.807) is 12.1 Å². The third-order valence-corrected chi connectivity index (χ3v) is 8.31. The third kappa shape index (κ3) is 4.23. The van der Waals surface area contributed by atoms with Crippen molar-refractivity contribution in [2.75, 3.05) is 13.7 Å². The summed E-state index contributed by atoms with van der Waals surface area (Å²) in [6, 6.07) is 13.4. The maximum Gasteiger partial charge on any atom is 0.337 e. The van der Waals surface area contributed by atoms with E-state index in [0.29, 0.717) is 12.1 Å². The number of carbonyl (C=O) groups excluding carboxylic acids is 2. The number of methoxy groups -OCH3 is 1. The van der Waals surface area contributed by atoms with Gasteiger partial charge < -0.3 is 14.4 Å². The Kier molecular flexibility index (Phi) is 6.14. The van der Waals surface area contributed by atoms with Gasteiger partial charge in [-0.1, -0.05) is 32.0 Å². The minimum absolute atomic E-state index is 0.0339. The fourth-order valence-corrected chi connectivity index (χ4v) is 6.27. The van der Waals surface area contributed by atoms with Gasteiger partial charge in [-0.15, -0.1) is 0 Å². The number of benzene rings is 2. The molecular weight excluding hydrogens is 478 g/mol. The van der Waals surface area contributed by atoms with Gasteiger partial charge in [-0.05, 0) is 79.8 Å². The summed E-state index contributed by atoms with van der Waals surface area (Å²) in [7, 11) is 1.37. The van der Waals surface area contributed by atoms with Crippen molar-refractivity contribution in [1.82, 2.24) is 14.7 Å². The summed E-state index contributed by atoms with van der Waals surface area (Å²) in [6.07, 6.45) is 5.14. The number of nitrogens with zero attached hydrogens (tertiary/aromatic N) is 3. The number of carbonyl (C=O) groups is 2. The van der Waals surface area contributed by atoms with Crippen molar-refractivity contribution in [3.05, 3.63) is 76.0 Å². The number of hydrogen-bond acceptors (Lipinski definition) is 5. The van der Waals surface area contributed by atoms with Gasteiger partial charge in [0.25, 0.3) is 5.91 Å². The van der Waals surface area contributed by atoms with Gasteiger partial charge in [0.1, 0.15) is 0 Å². The summed E-state index contributed by atoms with van der Waals surface area (Å²) < 4.78 is 13.1. The molecule has 2 atom stereocenters. The lowest BCUT2D eigenvalue weighted by Crippen LogP contribution is -2.27. The van der Waals surface area contributed by atoms with Crippen molar-refractivity contribution in [2.24, 2.45) is 5.41 Å². The third-order valence-electron chi connectivity index (χ3n) is 8.31. The van der Waals surface area contributed by atoms with Crippen LogP contribution in [0.2, 0.25) is 0 Å². The average Bonchev–Trinajstić information content (AvgIpc) is 3.54. The summed E-state index contributed by atoms with van der Waals surface area (Å²) in [6.45, 7) is 7.95. The van der Waals surface area contributed by atoms with Crippen molar-refractivity contribution in [3.8, 4) is 11.3 Å². The lowest BCUT2D eigenvalue weighted by molar-refractivity contribution is -0.0387. The van der Waals surface area contributed by atoms with Gasteiger partial charge in [0.05, 0.1) is 30.1 Å². The molecule has 0 N–H and O–H groups in total. The molecule has 7 heteroatoms. The van der Waals surface area contributed by atoms with Crippen LogP contribution in [-0.4, -0.2) is 40.3 Å². The second-order valence-electron chi connectivity index (χ2n) is 11.7. The van der Waals surface area contributed by atoms with Crippen LogP contribution in [0.15, 0.2) is 42.5 Å². The summed E-state index contributed by atoms with van der Waals surface area (Å²) in [5.41, 5.74) is 8.22. The largest absolute Gasteiger partial charge is 0.465 e. The molecule has 2 aromatic carbocycles. The van der Waals surface area contributed by atoms with Crippen LogP contribution in [0.3, 0.4) is 0 Å². The SMILES string of the molecule is COC(=O)c1ccc([C@@H](C)N2Cc3cc(-c4c5c(nn4C4CCCCO4)CC(C)(C)C5)ccc3C2=O)cc1. The van der Waals surface area contributed by atoms with Gasteiger partial charge in [0.15, 0.2) is 6.23 Å². The molecule has 1 amide bonds. The second-order valence-corrected chi connectivity index (χ2v) is 11.7. The molecule has 3 heterocycles. The van der Waals surface area contributed by atoms with Gasteiger partial charge in [-0.2, -0.15) is 5.10 Å². The van der Waals surface area contributed by atoms with Gasteiger partial charge in [0.2, 0.25) is 0 Å². The molecule has 3 aromatic rings. The highest BCUT2D eigenvalue weighted by Crippen LogP contribution is 2.44. The number of amides is 1. The van der Waals surface area contributed by atoms with Crippen LogP contribution in [0.25, 0.3) is 11.3 Å². The normalized spacial score (nSPS) is 20.8. The van der Waals surface area contributed by atoms with E-state index < -0.39 is 0 Å². The highest BCUT2D eigenvalue weighted by atomic mass is 16.5. The standard InChI is InChI=1S/C31H35N3O4/c1-19(20-8-10-21(11-9-20)30(36)37-4)33-18-23-15-22(12-13-24(23)29(33)35)28-25-16-31(2,3)17-26(25)32-34(28)27-7-5-6-14-38-27/h8-13,15,19,27H,5-7,14,16-18H2,1-4H3/t19-,27?/m1/s1. The molecule has 0 spiro atoms. The van der Waals surface area contributed by atoms with Crippen LogP contribution in [-0.2, 0) is 28.9 Å². The molecule has 38 heavy (non-hydrogen) atoms. The molecule has 2 aliphatic heterocycles. The molecule has 6 rings (SSSR count). The Morgan fingerprint density at radius 2 is 1.92 bits per heavy atom. The first-order valence-electron chi connectivity index (χ1n) is 13.6. The topological polar surface area (TPSA) is 73.7 Å². The number of ether oxygens (including phenoxy) is 2. The smallest absolute Gasteiger partial charge is 0.337 e. The quantitative estimate of drug-likeness (QED) is 0.399. The van der Waals surface area contributed by atoms with E-state index >= 15 is 0 Å².